The molecular formula is C25H37N3O2. The van der Waals surface area contributed by atoms with Crippen molar-refractivity contribution >= 4 is 11.8 Å². The molecular weight excluding hydrogens is 374 g/mol. The SMILES string of the molecule is CC(=O)NC[C@@H]1CC[C@H](CC(=O)N2CCC(Cc3ccccc3)CC2)N1CC1CC1. The molecule has 1 aromatic carbocycles. The Labute approximate surface area is 181 Å². The van der Waals surface area contributed by atoms with Crippen LogP contribution in [0.4, 0.5) is 0 Å². The molecule has 3 fully saturated rings. The van der Waals surface area contributed by atoms with Crippen LogP contribution in [-0.2, 0) is 16.0 Å². The van der Waals surface area contributed by atoms with Crippen LogP contribution in [0.25, 0.3) is 0 Å². The standard InChI is InChI=1S/C25H37N3O2/c1-19(29)26-17-24-10-9-23(28(24)18-22-7-8-22)16-25(30)27-13-11-21(12-14-27)15-20-5-3-2-4-6-20/h2-6,21-24H,7-18H2,1H3,(H,26,29)/t23-,24+/m1/s1. The Morgan fingerprint density at radius 3 is 2.30 bits per heavy atom. The fourth-order valence-corrected chi connectivity index (χ4v) is 5.28. The number of amides is 2. The fourth-order valence-electron chi connectivity index (χ4n) is 5.28. The maximum Gasteiger partial charge on any atom is 0.224 e. The number of carbonyl (C=O) groups excluding carboxylic acids is 2. The molecule has 2 amide bonds. The van der Waals surface area contributed by atoms with Crippen LogP contribution in [0.15, 0.2) is 30.3 Å². The normalized spacial score (nSPS) is 25.4. The molecule has 0 spiro atoms. The quantitative estimate of drug-likeness (QED) is 0.715. The van der Waals surface area contributed by atoms with Gasteiger partial charge in [0.1, 0.15) is 0 Å². The molecule has 2 atom stereocenters. The first-order chi connectivity index (χ1) is 14.6. The topological polar surface area (TPSA) is 52.7 Å². The van der Waals surface area contributed by atoms with Crippen LogP contribution in [0.5, 0.6) is 0 Å². The van der Waals surface area contributed by atoms with Crippen LogP contribution in [0, 0.1) is 11.8 Å². The molecule has 0 radical (unpaired) electrons. The van der Waals surface area contributed by atoms with E-state index in [4.69, 9.17) is 0 Å². The lowest BCUT2D eigenvalue weighted by Gasteiger charge is -2.35. The van der Waals surface area contributed by atoms with Crippen LogP contribution in [0.3, 0.4) is 0 Å². The largest absolute Gasteiger partial charge is 0.355 e. The van der Waals surface area contributed by atoms with E-state index in [0.717, 1.165) is 64.2 Å². The zero-order valence-electron chi connectivity index (χ0n) is 18.4. The first-order valence-corrected chi connectivity index (χ1v) is 11.9. The summed E-state index contributed by atoms with van der Waals surface area (Å²) in [5.74, 6) is 1.86. The van der Waals surface area contributed by atoms with Gasteiger partial charge in [0.05, 0.1) is 0 Å². The van der Waals surface area contributed by atoms with Crippen molar-refractivity contribution in [3.63, 3.8) is 0 Å². The van der Waals surface area contributed by atoms with E-state index < -0.39 is 0 Å². The van der Waals surface area contributed by atoms with Gasteiger partial charge in [-0.05, 0) is 62.3 Å². The Kier molecular flexibility index (Phi) is 7.08. The molecule has 2 aliphatic heterocycles. The van der Waals surface area contributed by atoms with E-state index >= 15 is 0 Å². The van der Waals surface area contributed by atoms with E-state index in [-0.39, 0.29) is 5.91 Å². The molecule has 164 valence electrons. The number of hydrogen-bond acceptors (Lipinski definition) is 3. The lowest BCUT2D eigenvalue weighted by molar-refractivity contribution is -0.134. The van der Waals surface area contributed by atoms with Crippen molar-refractivity contribution in [2.45, 2.75) is 70.4 Å². The zero-order valence-corrected chi connectivity index (χ0v) is 18.4. The summed E-state index contributed by atoms with van der Waals surface area (Å²) in [7, 11) is 0. The van der Waals surface area contributed by atoms with Crippen molar-refractivity contribution in [1.82, 2.24) is 15.1 Å². The van der Waals surface area contributed by atoms with E-state index in [1.807, 2.05) is 0 Å². The molecule has 4 rings (SSSR count). The molecule has 3 aliphatic rings. The predicted octanol–water partition coefficient (Wildman–Crippen LogP) is 3.24. The third-order valence-corrected chi connectivity index (χ3v) is 7.27. The Hall–Kier alpha value is -1.88. The summed E-state index contributed by atoms with van der Waals surface area (Å²) in [4.78, 5) is 29.1. The Morgan fingerprint density at radius 2 is 1.63 bits per heavy atom. The molecule has 0 unspecified atom stereocenters. The minimum atomic E-state index is 0.0410. The first kappa shape index (κ1) is 21.4. The Bertz CT molecular complexity index is 710. The summed E-state index contributed by atoms with van der Waals surface area (Å²) in [6, 6.07) is 11.5. The zero-order chi connectivity index (χ0) is 20.9. The Balaban J connectivity index is 1.26. The molecule has 1 aliphatic carbocycles. The number of piperidine rings is 1. The van der Waals surface area contributed by atoms with E-state index in [1.54, 1.807) is 6.92 Å². The van der Waals surface area contributed by atoms with Crippen LogP contribution >= 0.6 is 0 Å². The summed E-state index contributed by atoms with van der Waals surface area (Å²) < 4.78 is 0. The van der Waals surface area contributed by atoms with E-state index in [9.17, 15) is 9.59 Å². The number of carbonyl (C=O) groups is 2. The monoisotopic (exact) mass is 411 g/mol. The maximum atomic E-state index is 13.1. The van der Waals surface area contributed by atoms with Crippen LogP contribution in [-0.4, -0.2) is 59.9 Å². The van der Waals surface area contributed by atoms with Gasteiger partial charge >= 0.3 is 0 Å². The highest BCUT2D eigenvalue weighted by Gasteiger charge is 2.38. The van der Waals surface area contributed by atoms with Gasteiger partial charge < -0.3 is 10.2 Å². The second-order valence-corrected chi connectivity index (χ2v) is 9.68. The minimum Gasteiger partial charge on any atom is -0.355 e. The number of nitrogens with one attached hydrogen (secondary N) is 1. The third kappa shape index (κ3) is 5.84. The molecule has 30 heavy (non-hydrogen) atoms. The highest BCUT2D eigenvalue weighted by molar-refractivity contribution is 5.77. The molecule has 0 aromatic heterocycles. The van der Waals surface area contributed by atoms with Gasteiger partial charge in [-0.3, -0.25) is 14.5 Å². The van der Waals surface area contributed by atoms with Gasteiger partial charge in [0.25, 0.3) is 0 Å². The Morgan fingerprint density at radius 1 is 0.933 bits per heavy atom. The lowest BCUT2D eigenvalue weighted by atomic mass is 9.90. The summed E-state index contributed by atoms with van der Waals surface area (Å²) in [6.07, 6.45) is 8.80. The predicted molar refractivity (Wildman–Crippen MR) is 119 cm³/mol. The van der Waals surface area contributed by atoms with Crippen LogP contribution in [0.1, 0.15) is 57.4 Å². The van der Waals surface area contributed by atoms with E-state index in [2.05, 4.69) is 45.4 Å². The van der Waals surface area contributed by atoms with Crippen molar-refractivity contribution in [3.8, 4) is 0 Å². The van der Waals surface area contributed by atoms with Gasteiger partial charge in [-0.1, -0.05) is 30.3 Å². The summed E-state index contributed by atoms with van der Waals surface area (Å²) in [5.41, 5.74) is 1.41. The highest BCUT2D eigenvalue weighted by atomic mass is 16.2. The number of benzene rings is 1. The molecule has 1 saturated carbocycles. The lowest BCUT2D eigenvalue weighted by Crippen LogP contribution is -2.46. The third-order valence-electron chi connectivity index (χ3n) is 7.27. The molecule has 5 heteroatoms. The van der Waals surface area contributed by atoms with Crippen molar-refractivity contribution in [1.29, 1.82) is 0 Å². The molecule has 2 saturated heterocycles. The van der Waals surface area contributed by atoms with Crippen LogP contribution < -0.4 is 5.32 Å². The van der Waals surface area contributed by atoms with Gasteiger partial charge in [0, 0.05) is 51.6 Å². The van der Waals surface area contributed by atoms with Crippen molar-refractivity contribution in [3.05, 3.63) is 35.9 Å². The smallest absolute Gasteiger partial charge is 0.224 e. The first-order valence-electron chi connectivity index (χ1n) is 11.9. The number of rotatable bonds is 8. The van der Waals surface area contributed by atoms with Crippen LogP contribution in [0.2, 0.25) is 0 Å². The molecule has 1 aromatic rings. The summed E-state index contributed by atoms with van der Waals surface area (Å²) in [6.45, 7) is 5.21. The van der Waals surface area contributed by atoms with E-state index in [1.165, 1.54) is 18.4 Å². The average molecular weight is 412 g/mol. The number of hydrogen-bond donors (Lipinski definition) is 1. The van der Waals surface area contributed by atoms with E-state index in [0.29, 0.717) is 30.3 Å². The maximum absolute atomic E-state index is 13.1. The second kappa shape index (κ2) is 9.95. The molecule has 0 bridgehead atoms. The van der Waals surface area contributed by atoms with Gasteiger partial charge in [-0.25, -0.2) is 0 Å². The van der Waals surface area contributed by atoms with Gasteiger partial charge in [0.15, 0.2) is 0 Å². The molecule has 2 heterocycles. The summed E-state index contributed by atoms with van der Waals surface area (Å²) >= 11 is 0. The number of likely N-dealkylation sites (tertiary alicyclic amines) is 2. The van der Waals surface area contributed by atoms with Crippen molar-refractivity contribution < 1.29 is 9.59 Å². The molecule has 1 N–H and O–H groups in total. The highest BCUT2D eigenvalue weighted by Crippen LogP contribution is 2.35. The summed E-state index contributed by atoms with van der Waals surface area (Å²) in [5, 5.41) is 3.00. The second-order valence-electron chi connectivity index (χ2n) is 9.68. The average Bonchev–Trinajstić information content (AvgIpc) is 3.49. The minimum absolute atomic E-state index is 0.0410. The van der Waals surface area contributed by atoms with Gasteiger partial charge in [0.2, 0.25) is 11.8 Å². The van der Waals surface area contributed by atoms with Crippen molar-refractivity contribution in [2.75, 3.05) is 26.2 Å². The fraction of sp³-hybridized carbons (Fsp3) is 0.680. The number of nitrogens with zero attached hydrogens (tertiary/aromatic N) is 2. The van der Waals surface area contributed by atoms with Gasteiger partial charge in [-0.2, -0.15) is 0 Å². The molecule has 5 nitrogen and oxygen atoms in total. The van der Waals surface area contributed by atoms with Gasteiger partial charge in [-0.15, -0.1) is 0 Å². The van der Waals surface area contributed by atoms with Crippen molar-refractivity contribution in [2.24, 2.45) is 11.8 Å².